The summed E-state index contributed by atoms with van der Waals surface area (Å²) in [7, 11) is -3.21. The van der Waals surface area contributed by atoms with E-state index in [-0.39, 0.29) is 18.4 Å². The molecule has 10 nitrogen and oxygen atoms in total. The number of aliphatic hydroxyl groups is 1. The molecular formula is C35H41FN2O8S. The number of carboxylic acids is 2. The maximum Gasteiger partial charge on any atom is 0.317 e. The summed E-state index contributed by atoms with van der Waals surface area (Å²) in [5, 5.41) is 29.0. The molecule has 1 unspecified atom stereocenters. The summed E-state index contributed by atoms with van der Waals surface area (Å²) < 4.78 is 38.4. The summed E-state index contributed by atoms with van der Waals surface area (Å²) in [6, 6.07) is 20.7. The molecule has 47 heavy (non-hydrogen) atoms. The van der Waals surface area contributed by atoms with Crippen molar-refractivity contribution in [2.75, 3.05) is 17.7 Å². The average Bonchev–Trinajstić information content (AvgIpc) is 3.02. The van der Waals surface area contributed by atoms with Crippen molar-refractivity contribution in [2.24, 2.45) is 11.8 Å². The molecule has 0 radical (unpaired) electrons. The van der Waals surface area contributed by atoms with Crippen LogP contribution in [0.1, 0.15) is 72.9 Å². The van der Waals surface area contributed by atoms with E-state index in [0.717, 1.165) is 41.5 Å². The van der Waals surface area contributed by atoms with Gasteiger partial charge in [0, 0.05) is 12.2 Å². The van der Waals surface area contributed by atoms with Gasteiger partial charge < -0.3 is 20.2 Å². The number of aliphatic carboxylic acids is 2. The maximum absolute atomic E-state index is 13.6. The van der Waals surface area contributed by atoms with Gasteiger partial charge in [0.15, 0.2) is 5.92 Å². The van der Waals surface area contributed by atoms with Gasteiger partial charge in [-0.2, -0.15) is 0 Å². The molecule has 0 aliphatic carbocycles. The number of aliphatic hydroxyl groups excluding tert-OH is 1. The molecule has 1 heterocycles. The molecule has 1 amide bonds. The zero-order valence-corrected chi connectivity index (χ0v) is 27.0. The molecule has 0 aromatic heterocycles. The number of rotatable bonds is 18. The molecule has 1 fully saturated rings. The molecule has 4 N–H and O–H groups in total. The highest BCUT2D eigenvalue weighted by atomic mass is 32.2. The van der Waals surface area contributed by atoms with Gasteiger partial charge in [-0.05, 0) is 97.9 Å². The third-order valence-electron chi connectivity index (χ3n) is 8.57. The number of nitrogens with zero attached hydrogens (tertiary/aromatic N) is 1. The topological polar surface area (TPSA) is 161 Å². The van der Waals surface area contributed by atoms with Crippen LogP contribution in [0.15, 0.2) is 72.8 Å². The zero-order chi connectivity index (χ0) is 34.1. The minimum Gasteiger partial charge on any atom is -0.481 e. The SMILES string of the molecule is CS(=O)(=O)NCCCCc1ccc(N2C(=O)C(CC[C@H](O)c3ccc(F)cc3)[C@H]2c2ccc(CCCC(C(=O)O)C(=O)O)cc2)cc1. The van der Waals surface area contributed by atoms with Crippen LogP contribution in [0.3, 0.4) is 0 Å². The van der Waals surface area contributed by atoms with Crippen LogP contribution in [0.4, 0.5) is 10.1 Å². The zero-order valence-electron chi connectivity index (χ0n) is 26.2. The van der Waals surface area contributed by atoms with E-state index in [1.54, 1.807) is 4.90 Å². The van der Waals surface area contributed by atoms with Gasteiger partial charge >= 0.3 is 11.9 Å². The molecule has 3 atom stereocenters. The van der Waals surface area contributed by atoms with E-state index in [0.29, 0.717) is 44.2 Å². The quantitative estimate of drug-likeness (QED) is 0.0835. The number of halogens is 1. The highest BCUT2D eigenvalue weighted by Gasteiger charge is 2.48. The molecule has 1 aliphatic heterocycles. The number of carbonyl (C=O) groups is 3. The third-order valence-corrected chi connectivity index (χ3v) is 9.29. The van der Waals surface area contributed by atoms with Gasteiger partial charge in [-0.25, -0.2) is 17.5 Å². The fourth-order valence-electron chi connectivity index (χ4n) is 5.97. The van der Waals surface area contributed by atoms with Gasteiger partial charge in [-0.3, -0.25) is 14.4 Å². The fraction of sp³-hybridized carbons (Fsp3) is 0.400. The first-order chi connectivity index (χ1) is 22.3. The van der Waals surface area contributed by atoms with Crippen LogP contribution in [-0.4, -0.2) is 54.4 Å². The van der Waals surface area contributed by atoms with Crippen molar-refractivity contribution in [2.45, 2.75) is 63.5 Å². The number of sulfonamides is 1. The average molecular weight is 669 g/mol. The maximum atomic E-state index is 13.6. The Morgan fingerprint density at radius 3 is 2.00 bits per heavy atom. The van der Waals surface area contributed by atoms with Crippen LogP contribution in [0, 0.1) is 17.7 Å². The van der Waals surface area contributed by atoms with Crippen molar-refractivity contribution >= 4 is 33.6 Å². The molecule has 0 spiro atoms. The van der Waals surface area contributed by atoms with Gasteiger partial charge in [0.05, 0.1) is 24.3 Å². The summed E-state index contributed by atoms with van der Waals surface area (Å²) >= 11 is 0. The lowest BCUT2D eigenvalue weighted by molar-refractivity contribution is -0.154. The summed E-state index contributed by atoms with van der Waals surface area (Å²) in [6.45, 7) is 0.377. The number of anilines is 1. The second-order valence-electron chi connectivity index (χ2n) is 12.1. The predicted molar refractivity (Wildman–Crippen MR) is 175 cm³/mol. The number of unbranched alkanes of at least 4 members (excludes halogenated alkanes) is 1. The molecule has 4 rings (SSSR count). The van der Waals surface area contributed by atoms with Crippen LogP contribution >= 0.6 is 0 Å². The molecule has 252 valence electrons. The smallest absolute Gasteiger partial charge is 0.317 e. The van der Waals surface area contributed by atoms with Gasteiger partial charge in [-0.15, -0.1) is 0 Å². The Hall–Kier alpha value is -4.13. The molecule has 12 heteroatoms. The molecular weight excluding hydrogens is 627 g/mol. The minimum atomic E-state index is -3.21. The monoisotopic (exact) mass is 668 g/mol. The Morgan fingerprint density at radius 2 is 1.43 bits per heavy atom. The number of β-lactam (4-membered cyclic amide) rings is 1. The first-order valence-electron chi connectivity index (χ1n) is 15.7. The van der Waals surface area contributed by atoms with Gasteiger partial charge in [0.1, 0.15) is 5.82 Å². The molecule has 0 saturated carbocycles. The summed E-state index contributed by atoms with van der Waals surface area (Å²) in [5.41, 5.74) is 4.18. The Kier molecular flexibility index (Phi) is 12.3. The lowest BCUT2D eigenvalue weighted by Gasteiger charge is -2.48. The van der Waals surface area contributed by atoms with Crippen LogP contribution in [-0.2, 0) is 37.2 Å². The number of amides is 1. The second kappa shape index (κ2) is 16.1. The van der Waals surface area contributed by atoms with Gasteiger partial charge in [0.25, 0.3) is 0 Å². The van der Waals surface area contributed by atoms with E-state index in [4.69, 9.17) is 10.2 Å². The van der Waals surface area contributed by atoms with Crippen LogP contribution < -0.4 is 9.62 Å². The molecule has 1 aliphatic rings. The van der Waals surface area contributed by atoms with Crippen molar-refractivity contribution in [1.29, 1.82) is 0 Å². The summed E-state index contributed by atoms with van der Waals surface area (Å²) in [4.78, 5) is 37.7. The normalized spacial score (nSPS) is 17.0. The van der Waals surface area contributed by atoms with Crippen molar-refractivity contribution < 1.29 is 42.5 Å². The van der Waals surface area contributed by atoms with Crippen molar-refractivity contribution in [3.8, 4) is 0 Å². The highest BCUT2D eigenvalue weighted by molar-refractivity contribution is 7.88. The van der Waals surface area contributed by atoms with Gasteiger partial charge in [-0.1, -0.05) is 48.5 Å². The number of aryl methyl sites for hydroxylation is 2. The standard InChI is InChI=1S/C35H41FN2O8S/c1-47(45,46)37-22-3-2-5-23-10-18-28(19-11-23)38-32(29(33(38)40)20-21-31(39)25-14-16-27(36)17-15-25)26-12-8-24(9-13-26)6-4-7-30(34(41)42)35(43)44/h8-19,29-32,37,39H,2-7,20-22H2,1H3,(H,41,42)(H,43,44)/t29?,31-,32+/m0/s1. The van der Waals surface area contributed by atoms with E-state index in [1.165, 1.54) is 24.3 Å². The minimum absolute atomic E-state index is 0.0172. The van der Waals surface area contributed by atoms with Gasteiger partial charge in [0.2, 0.25) is 15.9 Å². The van der Waals surface area contributed by atoms with E-state index >= 15 is 0 Å². The van der Waals surface area contributed by atoms with Crippen LogP contribution in [0.5, 0.6) is 0 Å². The second-order valence-corrected chi connectivity index (χ2v) is 13.9. The molecule has 1 saturated heterocycles. The number of nitrogens with one attached hydrogen (secondary N) is 1. The van der Waals surface area contributed by atoms with Crippen molar-refractivity contribution in [3.05, 3.63) is 101 Å². The third kappa shape index (κ3) is 9.93. The van der Waals surface area contributed by atoms with Crippen LogP contribution in [0.2, 0.25) is 0 Å². The van der Waals surface area contributed by atoms with E-state index in [2.05, 4.69) is 4.72 Å². The predicted octanol–water partition coefficient (Wildman–Crippen LogP) is 5.02. The molecule has 3 aromatic carbocycles. The van der Waals surface area contributed by atoms with E-state index in [9.17, 15) is 32.3 Å². The fourth-order valence-corrected chi connectivity index (χ4v) is 6.48. The lowest BCUT2D eigenvalue weighted by Crippen LogP contribution is -2.55. The number of carboxylic acid groups (broad SMARTS) is 2. The Morgan fingerprint density at radius 1 is 0.851 bits per heavy atom. The number of carbonyl (C=O) groups excluding carboxylic acids is 1. The van der Waals surface area contributed by atoms with E-state index in [1.807, 2.05) is 48.5 Å². The highest BCUT2D eigenvalue weighted by Crippen LogP contribution is 2.46. The Labute approximate surface area is 274 Å². The van der Waals surface area contributed by atoms with E-state index < -0.39 is 45.7 Å². The number of hydrogen-bond acceptors (Lipinski definition) is 6. The Bertz CT molecular complexity index is 1620. The van der Waals surface area contributed by atoms with Crippen molar-refractivity contribution in [1.82, 2.24) is 4.72 Å². The molecule has 0 bridgehead atoms. The molecule has 3 aromatic rings. The lowest BCUT2D eigenvalue weighted by atomic mass is 9.78. The summed E-state index contributed by atoms with van der Waals surface area (Å²) in [5.74, 6) is -5.02. The number of hydrogen-bond donors (Lipinski definition) is 4. The van der Waals surface area contributed by atoms with Crippen LogP contribution in [0.25, 0.3) is 0 Å². The first-order valence-corrected chi connectivity index (χ1v) is 17.6. The largest absolute Gasteiger partial charge is 0.481 e. The summed E-state index contributed by atoms with van der Waals surface area (Å²) in [6.07, 6.45) is 4.16. The number of benzene rings is 3. The van der Waals surface area contributed by atoms with Crippen molar-refractivity contribution in [3.63, 3.8) is 0 Å². The first kappa shape index (κ1) is 35.7. The Balaban J connectivity index is 1.45.